The van der Waals surface area contributed by atoms with Gasteiger partial charge in [0.2, 0.25) is 5.91 Å². The summed E-state index contributed by atoms with van der Waals surface area (Å²) in [7, 11) is 3.45. The number of anilines is 1. The molecule has 2 aromatic rings. The van der Waals surface area contributed by atoms with Crippen LogP contribution in [0.25, 0.3) is 0 Å². The zero-order valence-corrected chi connectivity index (χ0v) is 28.2. The molecule has 0 radical (unpaired) electrons. The first-order valence-corrected chi connectivity index (χ1v) is 16.6. The van der Waals surface area contributed by atoms with Gasteiger partial charge in [0, 0.05) is 57.8 Å². The zero-order valence-electron chi connectivity index (χ0n) is 28.2. The third-order valence-corrected chi connectivity index (χ3v) is 8.90. The van der Waals surface area contributed by atoms with Gasteiger partial charge in [-0.1, -0.05) is 44.2 Å². The lowest BCUT2D eigenvalue weighted by Gasteiger charge is -2.40. The minimum atomic E-state index is -0.467. The monoisotopic (exact) mass is 625 g/mol. The van der Waals surface area contributed by atoms with Gasteiger partial charge in [-0.3, -0.25) is 4.79 Å². The molecule has 2 aliphatic rings. The highest BCUT2D eigenvalue weighted by Crippen LogP contribution is 2.36. The van der Waals surface area contributed by atoms with E-state index in [2.05, 4.69) is 58.0 Å². The van der Waals surface area contributed by atoms with Crippen LogP contribution in [-0.2, 0) is 37.0 Å². The molecule has 0 spiro atoms. The molecule has 0 saturated carbocycles. The van der Waals surface area contributed by atoms with E-state index in [0.717, 1.165) is 68.1 Å². The fourth-order valence-electron chi connectivity index (χ4n) is 6.47. The van der Waals surface area contributed by atoms with Crippen LogP contribution in [0.4, 0.5) is 5.69 Å². The topological polar surface area (TPSA) is 90.5 Å². The van der Waals surface area contributed by atoms with Crippen molar-refractivity contribution in [2.75, 3.05) is 65.1 Å². The Morgan fingerprint density at radius 3 is 2.67 bits per heavy atom. The van der Waals surface area contributed by atoms with Gasteiger partial charge in [0.15, 0.2) is 0 Å². The van der Waals surface area contributed by atoms with E-state index in [4.69, 9.17) is 23.7 Å². The van der Waals surface area contributed by atoms with E-state index in [1.165, 1.54) is 5.56 Å². The summed E-state index contributed by atoms with van der Waals surface area (Å²) in [6.07, 6.45) is 2.69. The number of piperidine rings is 1. The van der Waals surface area contributed by atoms with Crippen molar-refractivity contribution >= 4 is 11.6 Å². The Kier molecular flexibility index (Phi) is 13.5. The van der Waals surface area contributed by atoms with Gasteiger partial charge in [-0.05, 0) is 61.9 Å². The molecule has 1 unspecified atom stereocenters. The average molecular weight is 626 g/mol. The number of fused-ring (bicyclic) bond motifs is 1. The lowest BCUT2D eigenvalue weighted by molar-refractivity contribution is -0.129. The van der Waals surface area contributed by atoms with Gasteiger partial charge in [-0.2, -0.15) is 0 Å². The summed E-state index contributed by atoms with van der Waals surface area (Å²) < 4.78 is 29.4. The number of amides is 1. The van der Waals surface area contributed by atoms with Gasteiger partial charge in [0.05, 0.1) is 44.3 Å². The minimum Gasteiger partial charge on any atom is -0.490 e. The molecule has 4 rings (SSSR count). The molecule has 1 amide bonds. The maximum absolute atomic E-state index is 12.6. The van der Waals surface area contributed by atoms with E-state index < -0.39 is 5.41 Å². The number of nitrogens with one attached hydrogen (secondary N) is 2. The maximum atomic E-state index is 12.6. The smallest absolute Gasteiger partial charge is 0.225 e. The SMILES string of the molecule is CCOC(C)COCc1ccc([C@H]2C[C@H](CC(C)(C)C(=O)NC)NC[C@@H]2OCc2ccc3c(c2)N(CCCOC)CCO3)cc1. The maximum Gasteiger partial charge on any atom is 0.225 e. The van der Waals surface area contributed by atoms with Crippen LogP contribution in [0.3, 0.4) is 0 Å². The first-order valence-electron chi connectivity index (χ1n) is 16.6. The highest BCUT2D eigenvalue weighted by Gasteiger charge is 2.37. The van der Waals surface area contributed by atoms with Gasteiger partial charge in [0.1, 0.15) is 12.4 Å². The third-order valence-electron chi connectivity index (χ3n) is 8.90. The van der Waals surface area contributed by atoms with Gasteiger partial charge >= 0.3 is 0 Å². The molecule has 45 heavy (non-hydrogen) atoms. The van der Waals surface area contributed by atoms with Crippen molar-refractivity contribution in [3.8, 4) is 5.75 Å². The van der Waals surface area contributed by atoms with Crippen molar-refractivity contribution in [2.45, 2.75) is 84.3 Å². The van der Waals surface area contributed by atoms with Crippen molar-refractivity contribution < 1.29 is 28.5 Å². The number of methoxy groups -OCH3 is 1. The van der Waals surface area contributed by atoms with E-state index in [0.29, 0.717) is 33.0 Å². The Hall–Kier alpha value is -2.69. The zero-order chi connectivity index (χ0) is 32.2. The molecule has 250 valence electrons. The second-order valence-electron chi connectivity index (χ2n) is 13.0. The van der Waals surface area contributed by atoms with Crippen LogP contribution in [-0.4, -0.2) is 84.4 Å². The molecular formula is C36H55N3O6. The molecule has 2 heterocycles. The van der Waals surface area contributed by atoms with Crippen LogP contribution in [0.2, 0.25) is 0 Å². The van der Waals surface area contributed by atoms with E-state index >= 15 is 0 Å². The molecule has 9 nitrogen and oxygen atoms in total. The summed E-state index contributed by atoms with van der Waals surface area (Å²) in [5, 5.41) is 6.54. The molecule has 1 saturated heterocycles. The summed E-state index contributed by atoms with van der Waals surface area (Å²) in [6.45, 7) is 14.4. The number of hydrogen-bond acceptors (Lipinski definition) is 8. The van der Waals surface area contributed by atoms with E-state index in [1.807, 2.05) is 27.7 Å². The summed E-state index contributed by atoms with van der Waals surface area (Å²) in [5.74, 6) is 1.18. The molecule has 0 aliphatic carbocycles. The van der Waals surface area contributed by atoms with E-state index in [1.54, 1.807) is 14.2 Å². The third kappa shape index (κ3) is 10.1. The standard InChI is InChI=1S/C36H55N3O6/c1-7-43-26(2)23-42-24-27-9-12-29(13-10-27)31-20-30(21-36(3,4)35(40)37-5)38-22-34(31)45-25-28-11-14-33-32(19-28)39(16-18-44-33)15-8-17-41-6/h9-14,19,26,30-31,34,38H,7-8,15-18,20-25H2,1-6H3,(H,37,40)/t26?,30-,31-,34+/m1/s1. The second kappa shape index (κ2) is 17.3. The quantitative estimate of drug-likeness (QED) is 0.236. The van der Waals surface area contributed by atoms with Crippen molar-refractivity contribution in [2.24, 2.45) is 5.41 Å². The van der Waals surface area contributed by atoms with Gasteiger partial charge in [0.25, 0.3) is 0 Å². The molecule has 2 aliphatic heterocycles. The normalized spacial score (nSPS) is 20.8. The molecule has 0 bridgehead atoms. The lowest BCUT2D eigenvalue weighted by atomic mass is 9.77. The first-order chi connectivity index (χ1) is 21.7. The van der Waals surface area contributed by atoms with Gasteiger partial charge in [-0.15, -0.1) is 0 Å². The number of ether oxygens (including phenoxy) is 5. The lowest BCUT2D eigenvalue weighted by Crippen LogP contribution is -2.50. The van der Waals surface area contributed by atoms with Crippen molar-refractivity contribution in [1.82, 2.24) is 10.6 Å². The highest BCUT2D eigenvalue weighted by atomic mass is 16.5. The molecule has 9 heteroatoms. The van der Waals surface area contributed by atoms with Crippen LogP contribution in [0.5, 0.6) is 5.75 Å². The van der Waals surface area contributed by atoms with Crippen molar-refractivity contribution in [3.63, 3.8) is 0 Å². The van der Waals surface area contributed by atoms with Crippen molar-refractivity contribution in [1.29, 1.82) is 0 Å². The van der Waals surface area contributed by atoms with E-state index in [-0.39, 0.29) is 30.1 Å². The first kappa shape index (κ1) is 35.2. The highest BCUT2D eigenvalue weighted by molar-refractivity contribution is 5.81. The minimum absolute atomic E-state index is 0.0106. The van der Waals surface area contributed by atoms with E-state index in [9.17, 15) is 4.79 Å². The second-order valence-corrected chi connectivity index (χ2v) is 13.0. The number of hydrogen-bond donors (Lipinski definition) is 2. The number of carbonyl (C=O) groups excluding carboxylic acids is 1. The molecule has 2 N–H and O–H groups in total. The van der Waals surface area contributed by atoms with Crippen LogP contribution in [0.1, 0.15) is 69.6 Å². The molecular weight excluding hydrogens is 570 g/mol. The van der Waals surface area contributed by atoms with Gasteiger partial charge < -0.3 is 39.2 Å². The number of nitrogens with zero attached hydrogens (tertiary/aromatic N) is 1. The molecule has 1 fully saturated rings. The fourth-order valence-corrected chi connectivity index (χ4v) is 6.47. The Morgan fingerprint density at radius 1 is 1.16 bits per heavy atom. The van der Waals surface area contributed by atoms with Gasteiger partial charge in [-0.25, -0.2) is 0 Å². The number of benzene rings is 2. The van der Waals surface area contributed by atoms with Crippen LogP contribution < -0.4 is 20.3 Å². The Labute approximate surface area is 270 Å². The largest absolute Gasteiger partial charge is 0.490 e. The number of carbonyl (C=O) groups is 1. The Balaban J connectivity index is 1.45. The number of rotatable bonds is 17. The predicted molar refractivity (Wildman–Crippen MR) is 178 cm³/mol. The Morgan fingerprint density at radius 2 is 1.93 bits per heavy atom. The van der Waals surface area contributed by atoms with Crippen LogP contribution >= 0.6 is 0 Å². The average Bonchev–Trinajstić information content (AvgIpc) is 3.04. The fraction of sp³-hybridized carbons (Fsp3) is 0.639. The molecule has 4 atom stereocenters. The molecule has 0 aromatic heterocycles. The summed E-state index contributed by atoms with van der Waals surface area (Å²) in [4.78, 5) is 15.0. The summed E-state index contributed by atoms with van der Waals surface area (Å²) >= 11 is 0. The van der Waals surface area contributed by atoms with Crippen molar-refractivity contribution in [3.05, 3.63) is 59.2 Å². The predicted octanol–water partition coefficient (Wildman–Crippen LogP) is 5.06. The Bertz CT molecular complexity index is 1190. The summed E-state index contributed by atoms with van der Waals surface area (Å²) in [5.41, 5.74) is 4.18. The van der Waals surface area contributed by atoms with Crippen LogP contribution in [0.15, 0.2) is 42.5 Å². The van der Waals surface area contributed by atoms with Crippen LogP contribution in [0, 0.1) is 5.41 Å². The molecule has 2 aromatic carbocycles. The summed E-state index contributed by atoms with van der Waals surface area (Å²) in [6, 6.07) is 15.3.